The van der Waals surface area contributed by atoms with Gasteiger partial charge in [-0.3, -0.25) is 4.79 Å². The summed E-state index contributed by atoms with van der Waals surface area (Å²) in [5.41, 5.74) is 1.07. The van der Waals surface area contributed by atoms with Gasteiger partial charge >= 0.3 is 0 Å². The molecule has 0 heterocycles. The summed E-state index contributed by atoms with van der Waals surface area (Å²) >= 11 is 1.13. The van der Waals surface area contributed by atoms with Gasteiger partial charge in [0.05, 0.1) is 16.9 Å². The predicted octanol–water partition coefficient (Wildman–Crippen LogP) is 3.96. The van der Waals surface area contributed by atoms with Crippen molar-refractivity contribution < 1.29 is 13.6 Å². The van der Waals surface area contributed by atoms with E-state index in [9.17, 15) is 13.6 Å². The zero-order valence-electron chi connectivity index (χ0n) is 11.6. The normalized spacial score (nSPS) is 11.5. The van der Waals surface area contributed by atoms with Gasteiger partial charge in [0.2, 0.25) is 5.91 Å². The number of carbonyl (C=O) groups excluding carboxylic acids is 1. The van der Waals surface area contributed by atoms with E-state index >= 15 is 0 Å². The van der Waals surface area contributed by atoms with Crippen LogP contribution >= 0.6 is 11.8 Å². The summed E-state index contributed by atoms with van der Waals surface area (Å²) in [4.78, 5) is 12.5. The van der Waals surface area contributed by atoms with Crippen LogP contribution in [0.5, 0.6) is 0 Å². The molecule has 0 saturated carbocycles. The molecule has 0 aromatic heterocycles. The van der Waals surface area contributed by atoms with Gasteiger partial charge in [-0.1, -0.05) is 0 Å². The Labute approximate surface area is 131 Å². The third kappa shape index (κ3) is 4.06. The van der Waals surface area contributed by atoms with Crippen LogP contribution in [0.1, 0.15) is 12.5 Å². The molecule has 0 aliphatic rings. The van der Waals surface area contributed by atoms with Crippen molar-refractivity contribution >= 4 is 23.4 Å². The minimum Gasteiger partial charge on any atom is -0.325 e. The predicted molar refractivity (Wildman–Crippen MR) is 81.5 cm³/mol. The summed E-state index contributed by atoms with van der Waals surface area (Å²) in [6.45, 7) is 1.67. The largest absolute Gasteiger partial charge is 0.325 e. The first-order valence-corrected chi connectivity index (χ1v) is 7.30. The average Bonchev–Trinajstić information content (AvgIpc) is 2.51. The van der Waals surface area contributed by atoms with Crippen LogP contribution in [0.3, 0.4) is 0 Å². The highest BCUT2D eigenvalue weighted by Crippen LogP contribution is 2.25. The van der Waals surface area contributed by atoms with Gasteiger partial charge in [0.15, 0.2) is 11.6 Å². The second kappa shape index (κ2) is 7.05. The van der Waals surface area contributed by atoms with Gasteiger partial charge in [-0.25, -0.2) is 8.78 Å². The van der Waals surface area contributed by atoms with Crippen molar-refractivity contribution in [1.29, 1.82) is 5.26 Å². The molecule has 22 heavy (non-hydrogen) atoms. The number of benzene rings is 2. The lowest BCUT2D eigenvalue weighted by molar-refractivity contribution is -0.115. The third-order valence-electron chi connectivity index (χ3n) is 2.85. The molecule has 0 fully saturated rings. The second-order valence-electron chi connectivity index (χ2n) is 4.51. The fraction of sp³-hybridized carbons (Fsp3) is 0.125. The first-order valence-electron chi connectivity index (χ1n) is 6.42. The van der Waals surface area contributed by atoms with Gasteiger partial charge < -0.3 is 5.32 Å². The fourth-order valence-corrected chi connectivity index (χ4v) is 2.57. The highest BCUT2D eigenvalue weighted by Gasteiger charge is 2.15. The van der Waals surface area contributed by atoms with Crippen LogP contribution in [0.2, 0.25) is 0 Å². The number of amides is 1. The molecule has 2 rings (SSSR count). The van der Waals surface area contributed by atoms with Crippen molar-refractivity contribution in [1.82, 2.24) is 0 Å². The van der Waals surface area contributed by atoms with Gasteiger partial charge in [0.1, 0.15) is 0 Å². The molecule has 0 unspecified atom stereocenters. The monoisotopic (exact) mass is 318 g/mol. The Hall–Kier alpha value is -2.39. The van der Waals surface area contributed by atoms with E-state index in [-0.39, 0.29) is 5.91 Å². The van der Waals surface area contributed by atoms with Gasteiger partial charge in [-0.15, -0.1) is 11.8 Å². The van der Waals surface area contributed by atoms with Gasteiger partial charge in [0.25, 0.3) is 0 Å². The first-order chi connectivity index (χ1) is 10.5. The number of carbonyl (C=O) groups is 1. The van der Waals surface area contributed by atoms with Crippen LogP contribution in [0, 0.1) is 23.0 Å². The zero-order chi connectivity index (χ0) is 16.1. The van der Waals surface area contributed by atoms with Crippen molar-refractivity contribution in [2.24, 2.45) is 0 Å². The molecule has 112 valence electrons. The molecule has 0 aliphatic heterocycles. The number of halogens is 2. The van der Waals surface area contributed by atoms with Crippen molar-refractivity contribution in [3.8, 4) is 6.07 Å². The number of rotatable bonds is 4. The maximum atomic E-state index is 13.1. The molecule has 1 atom stereocenters. The van der Waals surface area contributed by atoms with Crippen LogP contribution in [0.15, 0.2) is 47.4 Å². The number of anilines is 1. The molecular formula is C16H12F2N2OS. The third-order valence-corrected chi connectivity index (χ3v) is 3.95. The summed E-state index contributed by atoms with van der Waals surface area (Å²) < 4.78 is 26.0. The second-order valence-corrected chi connectivity index (χ2v) is 5.93. The molecule has 0 bridgehead atoms. The van der Waals surface area contributed by atoms with Crippen molar-refractivity contribution in [3.05, 3.63) is 59.7 Å². The maximum Gasteiger partial charge on any atom is 0.237 e. The molecular weight excluding hydrogens is 306 g/mol. The minimum atomic E-state index is -0.940. The van der Waals surface area contributed by atoms with E-state index in [4.69, 9.17) is 5.26 Å². The number of nitriles is 1. The fourth-order valence-electron chi connectivity index (χ4n) is 1.68. The summed E-state index contributed by atoms with van der Waals surface area (Å²) in [7, 11) is 0. The smallest absolute Gasteiger partial charge is 0.237 e. The molecule has 2 aromatic rings. The minimum absolute atomic E-state index is 0.264. The first kappa shape index (κ1) is 16.0. The highest BCUT2D eigenvalue weighted by atomic mass is 32.2. The van der Waals surface area contributed by atoms with E-state index in [1.165, 1.54) is 6.07 Å². The Morgan fingerprint density at radius 3 is 2.45 bits per heavy atom. The molecule has 0 aliphatic carbocycles. The Bertz CT molecular complexity index is 726. The topological polar surface area (TPSA) is 52.9 Å². The molecule has 6 heteroatoms. The Morgan fingerprint density at radius 2 is 1.86 bits per heavy atom. The SMILES string of the molecule is C[C@H](Sc1ccc(F)c(F)c1)C(=O)Nc1ccc(C#N)cc1. The molecule has 0 radical (unpaired) electrons. The average molecular weight is 318 g/mol. The molecule has 1 N–H and O–H groups in total. The molecule has 0 saturated heterocycles. The van der Waals surface area contributed by atoms with E-state index in [1.54, 1.807) is 31.2 Å². The summed E-state index contributed by atoms with van der Waals surface area (Å²) in [5, 5.41) is 10.9. The highest BCUT2D eigenvalue weighted by molar-refractivity contribution is 8.00. The lowest BCUT2D eigenvalue weighted by Crippen LogP contribution is -2.22. The standard InChI is InChI=1S/C16H12F2N2OS/c1-10(22-13-6-7-14(17)15(18)8-13)16(21)20-12-4-2-11(9-19)3-5-12/h2-8,10H,1H3,(H,20,21)/t10-/m0/s1. The Balaban J connectivity index is 1.99. The number of hydrogen-bond acceptors (Lipinski definition) is 3. The van der Waals surface area contributed by atoms with Crippen LogP contribution in [-0.4, -0.2) is 11.2 Å². The summed E-state index contributed by atoms with van der Waals surface area (Å²) in [5.74, 6) is -2.12. The van der Waals surface area contributed by atoms with Gasteiger partial charge in [-0.2, -0.15) is 5.26 Å². The van der Waals surface area contributed by atoms with Gasteiger partial charge in [-0.05, 0) is 49.4 Å². The maximum absolute atomic E-state index is 13.1. The van der Waals surface area contributed by atoms with E-state index < -0.39 is 16.9 Å². The lowest BCUT2D eigenvalue weighted by Gasteiger charge is -2.12. The summed E-state index contributed by atoms with van der Waals surface area (Å²) in [6.07, 6.45) is 0. The lowest BCUT2D eigenvalue weighted by atomic mass is 10.2. The molecule has 0 spiro atoms. The van der Waals surface area contributed by atoms with Crippen LogP contribution < -0.4 is 5.32 Å². The Morgan fingerprint density at radius 1 is 1.18 bits per heavy atom. The van der Waals surface area contributed by atoms with E-state index in [0.29, 0.717) is 16.1 Å². The number of nitrogens with one attached hydrogen (secondary N) is 1. The van der Waals surface area contributed by atoms with Crippen molar-refractivity contribution in [2.45, 2.75) is 17.1 Å². The zero-order valence-corrected chi connectivity index (χ0v) is 12.5. The summed E-state index contributed by atoms with van der Waals surface area (Å²) in [6, 6.07) is 12.0. The van der Waals surface area contributed by atoms with Crippen LogP contribution in [0.4, 0.5) is 14.5 Å². The number of nitrogens with zero attached hydrogens (tertiary/aromatic N) is 1. The van der Waals surface area contributed by atoms with Crippen molar-refractivity contribution in [3.63, 3.8) is 0 Å². The van der Waals surface area contributed by atoms with Crippen LogP contribution in [0.25, 0.3) is 0 Å². The Kier molecular flexibility index (Phi) is 5.12. The van der Waals surface area contributed by atoms with E-state index in [0.717, 1.165) is 23.9 Å². The molecule has 1 amide bonds. The van der Waals surface area contributed by atoms with Crippen molar-refractivity contribution in [2.75, 3.05) is 5.32 Å². The quantitative estimate of drug-likeness (QED) is 0.868. The van der Waals surface area contributed by atoms with Crippen LogP contribution in [-0.2, 0) is 4.79 Å². The van der Waals surface area contributed by atoms with E-state index in [2.05, 4.69) is 5.32 Å². The number of hydrogen-bond donors (Lipinski definition) is 1. The molecule has 3 nitrogen and oxygen atoms in total. The van der Waals surface area contributed by atoms with Gasteiger partial charge in [0, 0.05) is 10.6 Å². The van der Waals surface area contributed by atoms with E-state index in [1.807, 2.05) is 6.07 Å². The molecule has 2 aromatic carbocycles. The number of thioether (sulfide) groups is 1.